The Balaban J connectivity index is 1.39. The maximum Gasteiger partial charge on any atom is 0.0248 e. The summed E-state index contributed by atoms with van der Waals surface area (Å²) in [6.45, 7) is 7.86. The predicted octanol–water partition coefficient (Wildman–Crippen LogP) is 5.00. The van der Waals surface area contributed by atoms with E-state index in [2.05, 4.69) is 79.1 Å². The van der Waals surface area contributed by atoms with Gasteiger partial charge in [0.15, 0.2) is 0 Å². The Kier molecular flexibility index (Phi) is 6.31. The van der Waals surface area contributed by atoms with Gasteiger partial charge in [0.25, 0.3) is 0 Å². The summed E-state index contributed by atoms with van der Waals surface area (Å²) in [5.41, 5.74) is 5.29. The van der Waals surface area contributed by atoms with Crippen LogP contribution in [0.3, 0.4) is 0 Å². The molecule has 3 rings (SSSR count). The molecular formula is C24H29N. The highest BCUT2D eigenvalue weighted by Crippen LogP contribution is 2.21. The summed E-state index contributed by atoms with van der Waals surface area (Å²) in [7, 11) is 0. The lowest BCUT2D eigenvalue weighted by Crippen LogP contribution is -2.34. The quantitative estimate of drug-likeness (QED) is 0.713. The number of hydrogen-bond acceptors (Lipinski definition) is 1. The van der Waals surface area contributed by atoms with Gasteiger partial charge in [0.05, 0.1) is 0 Å². The fraction of sp³-hybridized carbons (Fsp3) is 0.417. The van der Waals surface area contributed by atoms with Gasteiger partial charge in [-0.3, -0.25) is 0 Å². The van der Waals surface area contributed by atoms with E-state index in [1.165, 1.54) is 49.0 Å². The lowest BCUT2D eigenvalue weighted by Gasteiger charge is -2.31. The topological polar surface area (TPSA) is 3.24 Å². The second-order valence-electron chi connectivity index (χ2n) is 7.33. The minimum absolute atomic E-state index is 0.847. The molecule has 0 radical (unpaired) electrons. The van der Waals surface area contributed by atoms with Gasteiger partial charge in [-0.05, 0) is 80.9 Å². The van der Waals surface area contributed by atoms with Gasteiger partial charge < -0.3 is 4.90 Å². The van der Waals surface area contributed by atoms with Crippen LogP contribution in [0.25, 0.3) is 0 Å². The van der Waals surface area contributed by atoms with Gasteiger partial charge in [-0.2, -0.15) is 0 Å². The molecule has 0 aromatic heterocycles. The minimum atomic E-state index is 0.847. The van der Waals surface area contributed by atoms with E-state index in [-0.39, 0.29) is 0 Å². The summed E-state index contributed by atoms with van der Waals surface area (Å²) in [5, 5.41) is 0. The van der Waals surface area contributed by atoms with Crippen LogP contribution in [0.15, 0.2) is 48.5 Å². The number of aryl methyl sites for hydroxylation is 2. The number of benzene rings is 2. The molecule has 1 aliphatic heterocycles. The van der Waals surface area contributed by atoms with Crippen LogP contribution in [0.1, 0.15) is 41.5 Å². The zero-order valence-electron chi connectivity index (χ0n) is 15.6. The van der Waals surface area contributed by atoms with E-state index in [0.717, 1.165) is 24.4 Å². The molecule has 2 aromatic rings. The van der Waals surface area contributed by atoms with Gasteiger partial charge in [-0.15, -0.1) is 0 Å². The molecule has 0 aliphatic carbocycles. The van der Waals surface area contributed by atoms with Crippen molar-refractivity contribution in [2.45, 2.75) is 39.5 Å². The Labute approximate surface area is 153 Å². The average Bonchev–Trinajstić information content (AvgIpc) is 2.64. The first-order valence-corrected chi connectivity index (χ1v) is 9.53. The molecule has 1 nitrogen and oxygen atoms in total. The lowest BCUT2D eigenvalue weighted by molar-refractivity contribution is 0.187. The van der Waals surface area contributed by atoms with Gasteiger partial charge in [-0.25, -0.2) is 0 Å². The van der Waals surface area contributed by atoms with E-state index in [4.69, 9.17) is 0 Å². The molecule has 0 saturated carbocycles. The van der Waals surface area contributed by atoms with Crippen molar-refractivity contribution in [2.75, 3.05) is 19.6 Å². The zero-order valence-corrected chi connectivity index (χ0v) is 15.6. The Morgan fingerprint density at radius 2 is 1.72 bits per heavy atom. The Hall–Kier alpha value is -2.04. The summed E-state index contributed by atoms with van der Waals surface area (Å²) < 4.78 is 0. The average molecular weight is 332 g/mol. The van der Waals surface area contributed by atoms with Crippen molar-refractivity contribution in [2.24, 2.45) is 5.92 Å². The smallest absolute Gasteiger partial charge is 0.0248 e. The first-order chi connectivity index (χ1) is 12.2. The van der Waals surface area contributed by atoms with Gasteiger partial charge in [0, 0.05) is 18.5 Å². The normalized spacial score (nSPS) is 15.6. The molecule has 0 bridgehead atoms. The van der Waals surface area contributed by atoms with Crippen LogP contribution in [0.2, 0.25) is 0 Å². The second kappa shape index (κ2) is 8.88. The monoisotopic (exact) mass is 331 g/mol. The molecule has 25 heavy (non-hydrogen) atoms. The Morgan fingerprint density at radius 1 is 0.960 bits per heavy atom. The largest absolute Gasteiger partial charge is 0.302 e. The maximum absolute atomic E-state index is 3.36. The zero-order chi connectivity index (χ0) is 17.5. The Bertz CT molecular complexity index is 728. The molecule has 1 heterocycles. The predicted molar refractivity (Wildman–Crippen MR) is 107 cm³/mol. The van der Waals surface area contributed by atoms with Crippen molar-refractivity contribution >= 4 is 0 Å². The van der Waals surface area contributed by atoms with Crippen LogP contribution in [-0.2, 0) is 6.42 Å². The highest BCUT2D eigenvalue weighted by atomic mass is 15.1. The van der Waals surface area contributed by atoms with Crippen LogP contribution in [0.5, 0.6) is 0 Å². The number of rotatable bonds is 4. The molecule has 130 valence electrons. The summed E-state index contributed by atoms with van der Waals surface area (Å²) in [6, 6.07) is 17.4. The Morgan fingerprint density at radius 3 is 2.44 bits per heavy atom. The van der Waals surface area contributed by atoms with Crippen LogP contribution in [0, 0.1) is 31.6 Å². The molecule has 0 N–H and O–H groups in total. The highest BCUT2D eigenvalue weighted by molar-refractivity contribution is 5.40. The van der Waals surface area contributed by atoms with E-state index in [9.17, 15) is 0 Å². The SMILES string of the molecule is Cc1ccc(C#CCCN2CCC(Cc3ccccc3)CC2)cc1C. The minimum Gasteiger partial charge on any atom is -0.302 e. The van der Waals surface area contributed by atoms with E-state index in [0.29, 0.717) is 0 Å². The van der Waals surface area contributed by atoms with Gasteiger partial charge in [0.1, 0.15) is 0 Å². The fourth-order valence-corrected chi connectivity index (χ4v) is 3.56. The highest BCUT2D eigenvalue weighted by Gasteiger charge is 2.18. The first-order valence-electron chi connectivity index (χ1n) is 9.53. The third-order valence-corrected chi connectivity index (χ3v) is 5.37. The van der Waals surface area contributed by atoms with Crippen molar-refractivity contribution in [3.63, 3.8) is 0 Å². The summed E-state index contributed by atoms with van der Waals surface area (Å²) in [4.78, 5) is 2.58. The van der Waals surface area contributed by atoms with Crippen LogP contribution >= 0.6 is 0 Å². The number of nitrogens with zero attached hydrogens (tertiary/aromatic N) is 1. The number of piperidine rings is 1. The number of likely N-dealkylation sites (tertiary alicyclic amines) is 1. The van der Waals surface area contributed by atoms with E-state index in [1.54, 1.807) is 0 Å². The molecule has 0 amide bonds. The molecule has 1 fully saturated rings. The van der Waals surface area contributed by atoms with Crippen molar-refractivity contribution < 1.29 is 0 Å². The third-order valence-electron chi connectivity index (χ3n) is 5.37. The molecule has 1 aliphatic rings. The second-order valence-corrected chi connectivity index (χ2v) is 7.33. The van der Waals surface area contributed by atoms with Crippen molar-refractivity contribution in [3.05, 3.63) is 70.8 Å². The molecular weight excluding hydrogens is 302 g/mol. The van der Waals surface area contributed by atoms with Crippen molar-refractivity contribution in [3.8, 4) is 11.8 Å². The van der Waals surface area contributed by atoms with E-state index in [1.807, 2.05) is 0 Å². The van der Waals surface area contributed by atoms with Gasteiger partial charge in [0.2, 0.25) is 0 Å². The van der Waals surface area contributed by atoms with Crippen LogP contribution in [-0.4, -0.2) is 24.5 Å². The lowest BCUT2D eigenvalue weighted by atomic mass is 9.90. The van der Waals surface area contributed by atoms with Crippen LogP contribution in [0.4, 0.5) is 0 Å². The first kappa shape index (κ1) is 17.8. The molecule has 1 heteroatoms. The van der Waals surface area contributed by atoms with E-state index < -0.39 is 0 Å². The van der Waals surface area contributed by atoms with Gasteiger partial charge >= 0.3 is 0 Å². The summed E-state index contributed by atoms with van der Waals surface area (Å²) >= 11 is 0. The molecule has 2 aromatic carbocycles. The van der Waals surface area contributed by atoms with Crippen LogP contribution < -0.4 is 0 Å². The third kappa shape index (κ3) is 5.48. The molecule has 0 unspecified atom stereocenters. The summed E-state index contributed by atoms with van der Waals surface area (Å²) in [6.07, 6.45) is 4.84. The van der Waals surface area contributed by atoms with Gasteiger partial charge in [-0.1, -0.05) is 48.2 Å². The molecule has 1 saturated heterocycles. The van der Waals surface area contributed by atoms with Crippen molar-refractivity contribution in [1.82, 2.24) is 4.90 Å². The fourth-order valence-electron chi connectivity index (χ4n) is 3.56. The maximum atomic E-state index is 3.36. The standard InChI is InChI=1S/C24H29N/c1-20-11-12-23(18-21(20)2)10-6-7-15-25-16-13-24(14-17-25)19-22-8-4-3-5-9-22/h3-5,8-9,11-12,18,24H,7,13-17,19H2,1-2H3. The molecule has 0 atom stereocenters. The molecule has 0 spiro atoms. The van der Waals surface area contributed by atoms with E-state index >= 15 is 0 Å². The van der Waals surface area contributed by atoms with Crippen molar-refractivity contribution in [1.29, 1.82) is 0 Å². The summed E-state index contributed by atoms with van der Waals surface area (Å²) in [5.74, 6) is 7.52. The number of hydrogen-bond donors (Lipinski definition) is 0.